The molecule has 3 nitrogen and oxygen atoms in total. The third-order valence-corrected chi connectivity index (χ3v) is 3.99. The Morgan fingerprint density at radius 1 is 1.10 bits per heavy atom. The van der Waals surface area contributed by atoms with Crippen LogP contribution in [0.5, 0.6) is 0 Å². The van der Waals surface area contributed by atoms with E-state index in [9.17, 15) is 0 Å². The number of hydrogen-bond acceptors (Lipinski definition) is 2. The first-order valence-corrected chi connectivity index (χ1v) is 6.94. The molecule has 20 heavy (non-hydrogen) atoms. The van der Waals surface area contributed by atoms with Gasteiger partial charge in [0.2, 0.25) is 0 Å². The van der Waals surface area contributed by atoms with Crippen molar-refractivity contribution in [3.8, 4) is 5.69 Å². The first-order valence-electron chi connectivity index (χ1n) is 6.94. The van der Waals surface area contributed by atoms with E-state index in [1.54, 1.807) is 6.08 Å². The predicted octanol–water partition coefficient (Wildman–Crippen LogP) is 3.55. The third-order valence-electron chi connectivity index (χ3n) is 3.99. The fourth-order valence-electron chi connectivity index (χ4n) is 2.92. The molecule has 0 unspecified atom stereocenters. The van der Waals surface area contributed by atoms with E-state index < -0.39 is 0 Å². The molecule has 4 rings (SSSR count). The standard InChI is InChI=1S/C17H15N3/c1-2-14-7-9-16-17(19-14)20(11-18-16)15-8-6-12-4-3-5-13(12)10-15/h2,6-11H,1,3-5H2. The van der Waals surface area contributed by atoms with Gasteiger partial charge in [-0.05, 0) is 60.7 Å². The Kier molecular flexibility index (Phi) is 2.46. The molecule has 0 saturated carbocycles. The van der Waals surface area contributed by atoms with E-state index in [-0.39, 0.29) is 0 Å². The normalized spacial score (nSPS) is 13.6. The van der Waals surface area contributed by atoms with Gasteiger partial charge in [-0.2, -0.15) is 0 Å². The molecule has 2 aromatic heterocycles. The van der Waals surface area contributed by atoms with Crippen molar-refractivity contribution in [2.75, 3.05) is 0 Å². The highest BCUT2D eigenvalue weighted by Gasteiger charge is 2.13. The Labute approximate surface area is 117 Å². The van der Waals surface area contributed by atoms with Crippen LogP contribution in [0.2, 0.25) is 0 Å². The lowest BCUT2D eigenvalue weighted by Crippen LogP contribution is -1.96. The smallest absolute Gasteiger partial charge is 0.165 e. The molecular weight excluding hydrogens is 246 g/mol. The maximum Gasteiger partial charge on any atom is 0.165 e. The number of imidazole rings is 1. The average molecular weight is 261 g/mol. The summed E-state index contributed by atoms with van der Waals surface area (Å²) in [5, 5.41) is 0. The van der Waals surface area contributed by atoms with E-state index in [1.807, 2.05) is 18.5 Å². The highest BCUT2D eigenvalue weighted by Crippen LogP contribution is 2.25. The molecule has 0 fully saturated rings. The number of aryl methyl sites for hydroxylation is 2. The van der Waals surface area contributed by atoms with Gasteiger partial charge in [-0.3, -0.25) is 4.57 Å². The van der Waals surface area contributed by atoms with E-state index in [4.69, 9.17) is 0 Å². The second-order valence-corrected chi connectivity index (χ2v) is 5.20. The van der Waals surface area contributed by atoms with Gasteiger partial charge in [0.05, 0.1) is 5.69 Å². The van der Waals surface area contributed by atoms with Crippen LogP contribution in [0.4, 0.5) is 0 Å². The molecule has 1 aromatic carbocycles. The average Bonchev–Trinajstić information content (AvgIpc) is 3.11. The second kappa shape index (κ2) is 4.30. The Bertz CT molecular complexity index is 814. The van der Waals surface area contributed by atoms with Crippen LogP contribution in [0.15, 0.2) is 43.2 Å². The Hall–Kier alpha value is -2.42. The summed E-state index contributed by atoms with van der Waals surface area (Å²) < 4.78 is 2.06. The number of benzene rings is 1. The van der Waals surface area contributed by atoms with Crippen molar-refractivity contribution in [1.82, 2.24) is 14.5 Å². The van der Waals surface area contributed by atoms with E-state index in [2.05, 4.69) is 39.3 Å². The van der Waals surface area contributed by atoms with Crippen molar-refractivity contribution in [3.05, 3.63) is 60.1 Å². The fourth-order valence-corrected chi connectivity index (χ4v) is 2.92. The van der Waals surface area contributed by atoms with Gasteiger partial charge in [0.1, 0.15) is 11.8 Å². The number of hydrogen-bond donors (Lipinski definition) is 0. The highest BCUT2D eigenvalue weighted by molar-refractivity contribution is 5.74. The Balaban J connectivity index is 1.91. The third kappa shape index (κ3) is 1.67. The highest BCUT2D eigenvalue weighted by atomic mass is 15.1. The summed E-state index contributed by atoms with van der Waals surface area (Å²) in [4.78, 5) is 9.04. The summed E-state index contributed by atoms with van der Waals surface area (Å²) in [7, 11) is 0. The van der Waals surface area contributed by atoms with Crippen molar-refractivity contribution in [2.24, 2.45) is 0 Å². The van der Waals surface area contributed by atoms with Gasteiger partial charge in [-0.25, -0.2) is 9.97 Å². The molecule has 0 aliphatic heterocycles. The predicted molar refractivity (Wildman–Crippen MR) is 81.0 cm³/mol. The molecular formula is C17H15N3. The summed E-state index contributed by atoms with van der Waals surface area (Å²) in [6.45, 7) is 3.78. The van der Waals surface area contributed by atoms with Crippen LogP contribution >= 0.6 is 0 Å². The lowest BCUT2D eigenvalue weighted by molar-refractivity contribution is 0.911. The number of fused-ring (bicyclic) bond motifs is 2. The summed E-state index contributed by atoms with van der Waals surface area (Å²) in [6, 6.07) is 10.6. The maximum atomic E-state index is 4.61. The molecule has 0 saturated heterocycles. The maximum absolute atomic E-state index is 4.61. The van der Waals surface area contributed by atoms with Crippen LogP contribution in [0, 0.1) is 0 Å². The lowest BCUT2D eigenvalue weighted by Gasteiger charge is -2.07. The SMILES string of the molecule is C=Cc1ccc2ncn(-c3ccc4c(c3)CCC4)c2n1. The molecule has 3 heteroatoms. The lowest BCUT2D eigenvalue weighted by atomic mass is 10.1. The van der Waals surface area contributed by atoms with Crippen LogP contribution in [0.3, 0.4) is 0 Å². The van der Waals surface area contributed by atoms with Crippen molar-refractivity contribution in [2.45, 2.75) is 19.3 Å². The quantitative estimate of drug-likeness (QED) is 0.706. The summed E-state index contributed by atoms with van der Waals surface area (Å²) in [5.41, 5.74) is 6.76. The van der Waals surface area contributed by atoms with Crippen molar-refractivity contribution < 1.29 is 0 Å². The van der Waals surface area contributed by atoms with Gasteiger partial charge in [0, 0.05) is 5.69 Å². The van der Waals surface area contributed by atoms with Crippen LogP contribution < -0.4 is 0 Å². The molecule has 0 spiro atoms. The van der Waals surface area contributed by atoms with Gasteiger partial charge in [0.25, 0.3) is 0 Å². The van der Waals surface area contributed by atoms with Crippen molar-refractivity contribution >= 4 is 17.2 Å². The van der Waals surface area contributed by atoms with Crippen LogP contribution in [-0.2, 0) is 12.8 Å². The van der Waals surface area contributed by atoms with E-state index in [0.717, 1.165) is 22.5 Å². The van der Waals surface area contributed by atoms with E-state index >= 15 is 0 Å². The Morgan fingerprint density at radius 3 is 2.90 bits per heavy atom. The molecule has 1 aliphatic carbocycles. The van der Waals surface area contributed by atoms with Crippen molar-refractivity contribution in [3.63, 3.8) is 0 Å². The summed E-state index contributed by atoms with van der Waals surface area (Å²) >= 11 is 0. The van der Waals surface area contributed by atoms with Gasteiger partial charge < -0.3 is 0 Å². The summed E-state index contributed by atoms with van der Waals surface area (Å²) in [6.07, 6.45) is 7.27. The van der Waals surface area contributed by atoms with Gasteiger partial charge in [-0.15, -0.1) is 0 Å². The molecule has 0 radical (unpaired) electrons. The van der Waals surface area contributed by atoms with E-state index in [0.29, 0.717) is 0 Å². The molecule has 98 valence electrons. The topological polar surface area (TPSA) is 30.7 Å². The fraction of sp³-hybridized carbons (Fsp3) is 0.176. The minimum Gasteiger partial charge on any atom is -0.283 e. The zero-order chi connectivity index (χ0) is 13.5. The molecule has 0 amide bonds. The van der Waals surface area contributed by atoms with Gasteiger partial charge in [-0.1, -0.05) is 12.6 Å². The van der Waals surface area contributed by atoms with Crippen LogP contribution in [0.1, 0.15) is 23.2 Å². The monoisotopic (exact) mass is 261 g/mol. The molecule has 3 aromatic rings. The van der Waals surface area contributed by atoms with Crippen LogP contribution in [-0.4, -0.2) is 14.5 Å². The largest absolute Gasteiger partial charge is 0.283 e. The first-order chi connectivity index (χ1) is 9.85. The molecule has 2 heterocycles. The minimum absolute atomic E-state index is 0.875. The molecule has 0 atom stereocenters. The zero-order valence-electron chi connectivity index (χ0n) is 11.2. The van der Waals surface area contributed by atoms with Gasteiger partial charge in [0.15, 0.2) is 5.65 Å². The summed E-state index contributed by atoms with van der Waals surface area (Å²) in [5.74, 6) is 0. The molecule has 0 N–H and O–H groups in total. The Morgan fingerprint density at radius 2 is 2.00 bits per heavy atom. The first kappa shape index (κ1) is 11.4. The van der Waals surface area contributed by atoms with E-state index in [1.165, 1.54) is 30.4 Å². The minimum atomic E-state index is 0.875. The number of nitrogens with zero attached hydrogens (tertiary/aromatic N) is 3. The molecule has 1 aliphatic rings. The van der Waals surface area contributed by atoms with Crippen LogP contribution in [0.25, 0.3) is 22.9 Å². The second-order valence-electron chi connectivity index (χ2n) is 5.20. The molecule has 0 bridgehead atoms. The number of aromatic nitrogens is 3. The number of pyridine rings is 1. The number of rotatable bonds is 2. The van der Waals surface area contributed by atoms with Gasteiger partial charge >= 0.3 is 0 Å². The van der Waals surface area contributed by atoms with Crippen molar-refractivity contribution in [1.29, 1.82) is 0 Å². The zero-order valence-corrected chi connectivity index (χ0v) is 11.2.